The fourth-order valence-corrected chi connectivity index (χ4v) is 3.95. The van der Waals surface area contributed by atoms with E-state index >= 15 is 0 Å². The summed E-state index contributed by atoms with van der Waals surface area (Å²) < 4.78 is 5.28. The van der Waals surface area contributed by atoms with Crippen LogP contribution < -0.4 is 26.6 Å². The van der Waals surface area contributed by atoms with Crippen LogP contribution in [0.5, 0.6) is 0 Å². The summed E-state index contributed by atoms with van der Waals surface area (Å²) in [5, 5.41) is 12.4. The van der Waals surface area contributed by atoms with E-state index in [1.807, 2.05) is 32.0 Å². The highest BCUT2D eigenvalue weighted by Gasteiger charge is 2.32. The zero-order valence-corrected chi connectivity index (χ0v) is 24.3. The molecule has 0 radical (unpaired) electrons. The van der Waals surface area contributed by atoms with E-state index < -0.39 is 53.6 Å². The molecule has 0 heterocycles. The molecular weight excluding hydrogens is 542 g/mol. The first-order valence-electron chi connectivity index (χ1n) is 13.6. The molecule has 2 aromatic rings. The van der Waals surface area contributed by atoms with Crippen LogP contribution in [0.2, 0.25) is 0 Å². The highest BCUT2D eigenvalue weighted by molar-refractivity contribution is 6.38. The zero-order valence-electron chi connectivity index (χ0n) is 24.3. The Hall–Kier alpha value is -4.74. The summed E-state index contributed by atoms with van der Waals surface area (Å²) >= 11 is 0. The molecule has 2 aromatic carbocycles. The molecule has 0 unspecified atom stereocenters. The van der Waals surface area contributed by atoms with Crippen LogP contribution >= 0.6 is 0 Å². The van der Waals surface area contributed by atoms with Crippen LogP contribution in [0.4, 0.5) is 4.79 Å². The molecule has 0 spiro atoms. The molecule has 0 aliphatic rings. The van der Waals surface area contributed by atoms with Gasteiger partial charge in [0.05, 0.1) is 0 Å². The summed E-state index contributed by atoms with van der Waals surface area (Å²) in [5.41, 5.74) is 1.49. The van der Waals surface area contributed by atoms with Crippen LogP contribution in [0, 0.1) is 5.92 Å². The van der Waals surface area contributed by atoms with Gasteiger partial charge in [0.15, 0.2) is 0 Å². The van der Waals surface area contributed by atoms with Crippen LogP contribution in [0.25, 0.3) is 0 Å². The van der Waals surface area contributed by atoms with Crippen LogP contribution in [-0.2, 0) is 41.7 Å². The average molecular weight is 582 g/mol. The number of Topliss-reactive ketones (excluding diaryl/α,β-unsaturated/α-hetero) is 1. The van der Waals surface area contributed by atoms with Crippen LogP contribution in [0.3, 0.4) is 0 Å². The Labute approximate surface area is 245 Å². The Morgan fingerprint density at radius 3 is 1.83 bits per heavy atom. The van der Waals surface area contributed by atoms with Gasteiger partial charge in [-0.1, -0.05) is 74.5 Å². The lowest BCUT2D eigenvalue weighted by molar-refractivity contribution is -0.140. The number of hydrogen-bond donors (Lipinski definition) is 5. The maximum absolute atomic E-state index is 13.4. The Morgan fingerprint density at radius 2 is 1.29 bits per heavy atom. The van der Waals surface area contributed by atoms with Gasteiger partial charge in [0.2, 0.25) is 23.5 Å². The molecule has 0 aromatic heterocycles. The largest absolute Gasteiger partial charge is 0.445 e. The van der Waals surface area contributed by atoms with Gasteiger partial charge in [-0.15, -0.1) is 0 Å². The molecule has 0 bridgehead atoms. The van der Waals surface area contributed by atoms with Crippen LogP contribution in [0.1, 0.15) is 38.3 Å². The van der Waals surface area contributed by atoms with E-state index in [0.29, 0.717) is 5.56 Å². The third-order valence-electron chi connectivity index (χ3n) is 6.08. The maximum Gasteiger partial charge on any atom is 0.408 e. The fraction of sp³-hybridized carbons (Fsp3) is 0.400. The van der Waals surface area contributed by atoms with Crippen LogP contribution in [-0.4, -0.2) is 67.2 Å². The van der Waals surface area contributed by atoms with Crippen LogP contribution in [0.15, 0.2) is 60.7 Å². The minimum atomic E-state index is -1.38. The first-order valence-corrected chi connectivity index (χ1v) is 13.6. The SMILES string of the molecule is CNC(=O)C(=O)[C@H](CNC(C)=O)NC(=O)[C@H](Cc1ccccc1)NC(=O)[C@H](CC(C)C)NC(=O)OCc1ccccc1. The Bertz CT molecular complexity index is 1220. The van der Waals surface area contributed by atoms with Gasteiger partial charge in [-0.05, 0) is 23.5 Å². The quantitative estimate of drug-likeness (QED) is 0.195. The summed E-state index contributed by atoms with van der Waals surface area (Å²) in [4.78, 5) is 75.5. The number of carbonyl (C=O) groups is 6. The van der Waals surface area contributed by atoms with Crippen molar-refractivity contribution in [3.63, 3.8) is 0 Å². The van der Waals surface area contributed by atoms with Gasteiger partial charge in [0.1, 0.15) is 24.7 Å². The van der Waals surface area contributed by atoms with E-state index in [-0.39, 0.29) is 31.9 Å². The standard InChI is InChI=1S/C30H39N5O7/c1-19(2)15-23(35-30(41)42-18-22-13-9-6-10-14-22)27(38)33-24(16-21-11-7-5-8-12-21)28(39)34-25(17-32-20(3)36)26(37)29(40)31-4/h5-14,19,23-25H,15-18H2,1-4H3,(H,31,40)(H,32,36)(H,33,38)(H,34,39)(H,35,41)/t23-,24-,25-/m0/s1. The van der Waals surface area contributed by atoms with Crippen molar-refractivity contribution in [1.82, 2.24) is 26.6 Å². The first kappa shape index (κ1) is 33.5. The number of benzene rings is 2. The number of alkyl carbamates (subject to hydrolysis) is 1. The lowest BCUT2D eigenvalue weighted by Gasteiger charge is -2.26. The lowest BCUT2D eigenvalue weighted by Crippen LogP contribution is -2.59. The molecular formula is C30H39N5O7. The van der Waals surface area contributed by atoms with Gasteiger partial charge in [0.25, 0.3) is 5.91 Å². The molecule has 0 saturated carbocycles. The first-order chi connectivity index (χ1) is 20.0. The second-order valence-corrected chi connectivity index (χ2v) is 10.1. The van der Waals surface area contributed by atoms with Crippen molar-refractivity contribution in [2.45, 2.75) is 58.3 Å². The predicted octanol–water partition coefficient (Wildman–Crippen LogP) is 0.991. The minimum absolute atomic E-state index is 0.00351. The molecule has 0 aliphatic heterocycles. The molecule has 3 atom stereocenters. The van der Waals surface area contributed by atoms with Crippen molar-refractivity contribution >= 4 is 35.5 Å². The molecule has 12 nitrogen and oxygen atoms in total. The number of rotatable bonds is 15. The number of hydrogen-bond acceptors (Lipinski definition) is 7. The van der Waals surface area contributed by atoms with E-state index in [4.69, 9.17) is 4.74 Å². The Kier molecular flexibility index (Phi) is 13.7. The maximum atomic E-state index is 13.4. The van der Waals surface area contributed by atoms with Crippen molar-refractivity contribution in [3.8, 4) is 0 Å². The van der Waals surface area contributed by atoms with Crippen molar-refractivity contribution in [2.75, 3.05) is 13.6 Å². The second kappa shape index (κ2) is 17.2. The third kappa shape index (κ3) is 11.8. The highest BCUT2D eigenvalue weighted by Crippen LogP contribution is 2.09. The summed E-state index contributed by atoms with van der Waals surface area (Å²) in [5.74, 6) is -3.77. The van der Waals surface area contributed by atoms with Gasteiger partial charge in [-0.2, -0.15) is 0 Å². The average Bonchev–Trinajstić information content (AvgIpc) is 2.97. The highest BCUT2D eigenvalue weighted by atomic mass is 16.5. The van der Waals surface area contributed by atoms with Gasteiger partial charge in [0, 0.05) is 26.9 Å². The summed E-state index contributed by atoms with van der Waals surface area (Å²) in [7, 11) is 1.27. The van der Waals surface area contributed by atoms with Gasteiger partial charge in [-0.3, -0.25) is 24.0 Å². The molecule has 5 N–H and O–H groups in total. The van der Waals surface area contributed by atoms with Crippen molar-refractivity contribution in [3.05, 3.63) is 71.8 Å². The molecule has 2 rings (SSSR count). The summed E-state index contributed by atoms with van der Waals surface area (Å²) in [6.07, 6.45) is -0.492. The molecule has 0 fully saturated rings. The van der Waals surface area contributed by atoms with E-state index in [1.54, 1.807) is 42.5 Å². The van der Waals surface area contributed by atoms with Gasteiger partial charge >= 0.3 is 6.09 Å². The monoisotopic (exact) mass is 581 g/mol. The zero-order chi connectivity index (χ0) is 31.1. The summed E-state index contributed by atoms with van der Waals surface area (Å²) in [6, 6.07) is 14.3. The predicted molar refractivity (Wildman–Crippen MR) is 155 cm³/mol. The Morgan fingerprint density at radius 1 is 0.738 bits per heavy atom. The molecule has 226 valence electrons. The van der Waals surface area contributed by atoms with Gasteiger partial charge < -0.3 is 31.3 Å². The smallest absolute Gasteiger partial charge is 0.408 e. The molecule has 12 heteroatoms. The summed E-state index contributed by atoms with van der Waals surface area (Å²) in [6.45, 7) is 4.67. The number of amides is 5. The molecule has 0 aliphatic carbocycles. The van der Waals surface area contributed by atoms with E-state index in [1.165, 1.54) is 14.0 Å². The topological polar surface area (TPSA) is 172 Å². The number of likely N-dealkylation sites (N-methyl/N-ethyl adjacent to an activating group) is 1. The van der Waals surface area contributed by atoms with Gasteiger partial charge in [-0.25, -0.2) is 4.79 Å². The normalized spacial score (nSPS) is 12.7. The molecule has 42 heavy (non-hydrogen) atoms. The van der Waals surface area contributed by atoms with E-state index in [9.17, 15) is 28.8 Å². The fourth-order valence-electron chi connectivity index (χ4n) is 3.95. The van der Waals surface area contributed by atoms with Crippen molar-refractivity contribution in [2.24, 2.45) is 5.92 Å². The number of ketones is 1. The molecule has 0 saturated heterocycles. The lowest BCUT2D eigenvalue weighted by atomic mass is 10.0. The number of nitrogens with one attached hydrogen (secondary N) is 5. The van der Waals surface area contributed by atoms with Crippen molar-refractivity contribution < 1.29 is 33.5 Å². The van der Waals surface area contributed by atoms with Crippen molar-refractivity contribution in [1.29, 1.82) is 0 Å². The second-order valence-electron chi connectivity index (χ2n) is 10.1. The minimum Gasteiger partial charge on any atom is -0.445 e. The van der Waals surface area contributed by atoms with E-state index in [0.717, 1.165) is 5.56 Å². The number of ether oxygens (including phenoxy) is 1. The Balaban J connectivity index is 2.22. The molecule has 5 amide bonds. The third-order valence-corrected chi connectivity index (χ3v) is 6.08. The number of carbonyl (C=O) groups excluding carboxylic acids is 6. The van der Waals surface area contributed by atoms with E-state index in [2.05, 4.69) is 26.6 Å².